The molecule has 0 radical (unpaired) electrons. The van der Waals surface area contributed by atoms with Gasteiger partial charge in [-0.15, -0.1) is 0 Å². The highest BCUT2D eigenvalue weighted by Crippen LogP contribution is 2.60. The molecule has 0 spiro atoms. The monoisotopic (exact) mass is 839 g/mol. The van der Waals surface area contributed by atoms with Crippen LogP contribution in [0.3, 0.4) is 0 Å². The van der Waals surface area contributed by atoms with Gasteiger partial charge in [-0.25, -0.2) is 0 Å². The van der Waals surface area contributed by atoms with Gasteiger partial charge in [0.05, 0.1) is 26.7 Å². The predicted molar refractivity (Wildman–Crippen MR) is 113 cm³/mol. The summed E-state index contributed by atoms with van der Waals surface area (Å²) >= 11 is 0. The van der Waals surface area contributed by atoms with Crippen LogP contribution in [0, 0.1) is 0 Å². The van der Waals surface area contributed by atoms with Crippen LogP contribution in [0.4, 0.5) is 110 Å². The predicted octanol–water partition coefficient (Wildman–Crippen LogP) is 8.32. The molecule has 0 aromatic rings. The van der Waals surface area contributed by atoms with Gasteiger partial charge < -0.3 is 9.80 Å². The topological polar surface area (TPSA) is 56.8 Å². The van der Waals surface area contributed by atoms with Crippen molar-refractivity contribution in [2.45, 2.75) is 92.7 Å². The van der Waals surface area contributed by atoms with Crippen molar-refractivity contribution in [2.24, 2.45) is 0 Å². The molecule has 1 N–H and O–H groups in total. The van der Waals surface area contributed by atoms with E-state index in [0.29, 0.717) is 0 Å². The highest BCUT2D eigenvalue weighted by molar-refractivity contribution is 5.84. The second kappa shape index (κ2) is 14.3. The van der Waals surface area contributed by atoms with Gasteiger partial charge >= 0.3 is 72.4 Å². The number of carbonyl (C=O) groups excluding carboxylic acids is 1. The van der Waals surface area contributed by atoms with Crippen molar-refractivity contribution < 1.29 is 133 Å². The molecule has 0 saturated carbocycles. The third-order valence-electron chi connectivity index (χ3n) is 6.75. The molecule has 0 fully saturated rings. The molecule has 0 heterocycles. The molecule has 0 aliphatic heterocycles. The average molecular weight is 839 g/mol. The molecule has 3 atom stereocenters. The number of amides is 1. The van der Waals surface area contributed by atoms with Gasteiger partial charge in [0.15, 0.2) is 0 Å². The maximum atomic E-state index is 14.7. The second-order valence-corrected chi connectivity index (χ2v) is 10.4. The molecule has 0 aliphatic carbocycles. The smallest absolute Gasteiger partial charge is 0.350 e. The van der Waals surface area contributed by atoms with Crippen LogP contribution in [0.25, 0.3) is 0 Å². The van der Waals surface area contributed by atoms with Crippen LogP contribution in [0.1, 0.15) is 20.3 Å². The molecule has 0 aliphatic rings. The quantitative estimate of drug-likeness (QED) is 0.0911. The van der Waals surface area contributed by atoms with Crippen molar-refractivity contribution in [3.63, 3.8) is 0 Å². The number of nitrogens with one attached hydrogen (secondary N) is 1. The van der Waals surface area contributed by atoms with E-state index in [4.69, 9.17) is 0 Å². The number of halogens is 25. The van der Waals surface area contributed by atoms with Crippen LogP contribution in [0.5, 0.6) is 0 Å². The summed E-state index contributed by atoms with van der Waals surface area (Å²) in [6.45, 7) is 2.20. The van der Waals surface area contributed by atoms with Crippen molar-refractivity contribution in [2.75, 3.05) is 33.2 Å². The lowest BCUT2D eigenvalue weighted by Gasteiger charge is -2.43. The first-order valence-corrected chi connectivity index (χ1v) is 12.8. The number of hydrogen-bond acceptors (Lipinski definition) is 4. The Morgan fingerprint density at radius 3 is 1.10 bits per heavy atom. The Labute approximate surface area is 271 Å². The summed E-state index contributed by atoms with van der Waals surface area (Å²) < 4.78 is 341. The zero-order chi connectivity index (χ0) is 42.4. The highest BCUT2D eigenvalue weighted by Gasteiger charge is 2.89. The van der Waals surface area contributed by atoms with E-state index >= 15 is 0 Å². The summed E-state index contributed by atoms with van der Waals surface area (Å²) in [6.07, 6.45) is -59.8. The van der Waals surface area contributed by atoms with Crippen LogP contribution in [-0.4, -0.2) is 116 Å². The lowest BCUT2D eigenvalue weighted by Crippen LogP contribution is -2.72. The molecule has 0 bridgehead atoms. The van der Waals surface area contributed by atoms with Gasteiger partial charge in [-0.2, -0.15) is 110 Å². The van der Waals surface area contributed by atoms with E-state index in [1.54, 1.807) is 0 Å². The fourth-order valence-electron chi connectivity index (χ4n) is 3.21. The summed E-state index contributed by atoms with van der Waals surface area (Å²) in [5.41, 5.74) is 0. The SMILES string of the molecule is CC[N+](C)(CC)CCCNC(=O)C(F)(F)C(F)(OC(F)(F)C(F)(OC(F)(F)C(F)(OC(F)(F)C(F)(F)C(F)(F)F)C(F)(F)F)C(F)(F)F)C(F)(F)F. The molecular weight excluding hydrogens is 819 g/mol. The Bertz CT molecular complexity index is 1230. The van der Waals surface area contributed by atoms with E-state index in [1.165, 1.54) is 25.6 Å². The maximum absolute atomic E-state index is 14.7. The van der Waals surface area contributed by atoms with Crippen LogP contribution in [0.15, 0.2) is 0 Å². The van der Waals surface area contributed by atoms with E-state index in [-0.39, 0.29) is 24.1 Å². The zero-order valence-electron chi connectivity index (χ0n) is 25.1. The minimum atomic E-state index is -8.92. The van der Waals surface area contributed by atoms with Crippen molar-refractivity contribution >= 4 is 5.91 Å². The molecule has 312 valence electrons. The Balaban J connectivity index is 7.23. The number of nitrogens with zero attached hydrogens (tertiary/aromatic N) is 1. The molecule has 0 aromatic heterocycles. The number of rotatable bonds is 17. The zero-order valence-corrected chi connectivity index (χ0v) is 25.1. The van der Waals surface area contributed by atoms with Crippen LogP contribution >= 0.6 is 0 Å². The summed E-state index contributed by atoms with van der Waals surface area (Å²) in [6, 6.07) is 0. The summed E-state index contributed by atoms with van der Waals surface area (Å²) in [4.78, 5) is 11.7. The molecular formula is C21H20F25N2O4+. The minimum absolute atomic E-state index is 0.0276. The van der Waals surface area contributed by atoms with Gasteiger partial charge in [0.1, 0.15) is 0 Å². The molecule has 1 amide bonds. The van der Waals surface area contributed by atoms with E-state index in [2.05, 4.69) is 0 Å². The highest BCUT2D eigenvalue weighted by atomic mass is 19.4. The third kappa shape index (κ3) is 8.91. The fraction of sp³-hybridized carbons (Fsp3) is 0.952. The Hall–Kier alpha value is -2.44. The van der Waals surface area contributed by atoms with Crippen molar-refractivity contribution in [1.29, 1.82) is 0 Å². The summed E-state index contributed by atoms with van der Waals surface area (Å²) in [7, 11) is 1.47. The Kier molecular flexibility index (Phi) is 13.7. The molecule has 0 aromatic carbocycles. The number of hydrogen-bond donors (Lipinski definition) is 1. The van der Waals surface area contributed by atoms with Crippen molar-refractivity contribution in [3.8, 4) is 0 Å². The Morgan fingerprint density at radius 1 is 0.500 bits per heavy atom. The van der Waals surface area contributed by atoms with Gasteiger partial charge in [-0.1, -0.05) is 0 Å². The molecule has 3 unspecified atom stereocenters. The first kappa shape index (κ1) is 49.6. The number of ether oxygens (including phenoxy) is 3. The molecule has 0 rings (SSSR count). The van der Waals surface area contributed by atoms with Gasteiger partial charge in [0, 0.05) is 13.0 Å². The molecule has 31 heteroatoms. The standard InChI is InChI=1S/C21H19F25N2O4/c1-4-48(3,5-2)8-6-7-47-9(49)10(22,23)12(26,16(32,33)34)50-20(43,44)14(28,18(38,39)40)52-21(45,46)13(27,17(35,36)37)51-19(41,42)11(24,25)15(29,30)31/h4-8H2,1-3H3/p+1. The van der Waals surface area contributed by atoms with Crippen molar-refractivity contribution in [1.82, 2.24) is 5.32 Å². The minimum Gasteiger partial charge on any atom is -0.350 e. The second-order valence-electron chi connectivity index (χ2n) is 10.4. The molecule has 0 saturated heterocycles. The largest absolute Gasteiger partial charge is 0.462 e. The van der Waals surface area contributed by atoms with E-state index < -0.39 is 91.3 Å². The average Bonchev–Trinajstić information content (AvgIpc) is 2.91. The first-order chi connectivity index (χ1) is 22.4. The van der Waals surface area contributed by atoms with Crippen LogP contribution < -0.4 is 5.32 Å². The van der Waals surface area contributed by atoms with E-state index in [9.17, 15) is 115 Å². The third-order valence-corrected chi connectivity index (χ3v) is 6.75. The Morgan fingerprint density at radius 2 is 0.808 bits per heavy atom. The van der Waals surface area contributed by atoms with E-state index in [0.717, 1.165) is 14.8 Å². The van der Waals surface area contributed by atoms with Gasteiger partial charge in [0.25, 0.3) is 5.91 Å². The van der Waals surface area contributed by atoms with Crippen molar-refractivity contribution in [3.05, 3.63) is 0 Å². The normalized spacial score (nSPS) is 18.8. The molecule has 52 heavy (non-hydrogen) atoms. The number of alkyl halides is 25. The lowest BCUT2D eigenvalue weighted by molar-refractivity contribution is -0.906. The molecule has 6 nitrogen and oxygen atoms in total. The maximum Gasteiger partial charge on any atom is 0.462 e. The van der Waals surface area contributed by atoms with Gasteiger partial charge in [-0.3, -0.25) is 19.0 Å². The summed E-state index contributed by atoms with van der Waals surface area (Å²) in [5.74, 6) is -45.3. The van der Waals surface area contributed by atoms with Gasteiger partial charge in [0.2, 0.25) is 0 Å². The van der Waals surface area contributed by atoms with Crippen LogP contribution in [0.2, 0.25) is 0 Å². The number of carbonyl (C=O) groups is 1. The number of quaternary nitrogens is 1. The first-order valence-electron chi connectivity index (χ1n) is 12.8. The van der Waals surface area contributed by atoms with Crippen LogP contribution in [-0.2, 0) is 19.0 Å². The summed E-state index contributed by atoms with van der Waals surface area (Å²) in [5, 5.41) is 0.761. The van der Waals surface area contributed by atoms with Gasteiger partial charge in [-0.05, 0) is 13.8 Å². The van der Waals surface area contributed by atoms with E-state index in [1.807, 2.05) is 0 Å². The fourth-order valence-corrected chi connectivity index (χ4v) is 3.21. The lowest BCUT2D eigenvalue weighted by atomic mass is 10.1.